The number of carbonyl (C=O) groups excluding carboxylic acids is 1. The second-order valence-corrected chi connectivity index (χ2v) is 7.54. The minimum Gasteiger partial charge on any atom is -0.445 e. The number of nitriles is 1. The number of benzene rings is 2. The zero-order valence-electron chi connectivity index (χ0n) is 15.8. The summed E-state index contributed by atoms with van der Waals surface area (Å²) >= 11 is 0. The van der Waals surface area contributed by atoms with Gasteiger partial charge in [-0.3, -0.25) is 4.90 Å². The molecule has 1 amide bonds. The number of morpholine rings is 1. The van der Waals surface area contributed by atoms with Crippen molar-refractivity contribution in [1.82, 2.24) is 4.90 Å². The molecule has 2 aliphatic heterocycles. The monoisotopic (exact) mass is 396 g/mol. The lowest BCUT2D eigenvalue weighted by atomic mass is 9.76. The van der Waals surface area contributed by atoms with E-state index in [-0.39, 0.29) is 43.8 Å². The Balaban J connectivity index is 1.51. The van der Waals surface area contributed by atoms with E-state index in [1.165, 1.54) is 12.1 Å². The lowest BCUT2D eigenvalue weighted by molar-refractivity contribution is -0.137. The second kappa shape index (κ2) is 7.82. The fourth-order valence-electron chi connectivity index (χ4n) is 4.25. The SMILES string of the molecule is N#Cc1ccc(C2(O)CC3COCC(C2)N3C(=O)OCc2ccccc2)c(F)c1. The van der Waals surface area contributed by atoms with E-state index < -0.39 is 29.6 Å². The first-order valence-corrected chi connectivity index (χ1v) is 9.49. The van der Waals surface area contributed by atoms with E-state index in [0.29, 0.717) is 0 Å². The summed E-state index contributed by atoms with van der Waals surface area (Å²) in [6.45, 7) is 0.652. The third kappa shape index (κ3) is 3.82. The van der Waals surface area contributed by atoms with Crippen molar-refractivity contribution in [2.75, 3.05) is 13.2 Å². The van der Waals surface area contributed by atoms with Gasteiger partial charge in [-0.2, -0.15) is 5.26 Å². The van der Waals surface area contributed by atoms with Crippen LogP contribution in [0, 0.1) is 17.1 Å². The molecule has 2 aromatic carbocycles. The van der Waals surface area contributed by atoms with Gasteiger partial charge in [-0.05, 0) is 17.7 Å². The van der Waals surface area contributed by atoms with Crippen LogP contribution in [-0.4, -0.2) is 41.4 Å². The van der Waals surface area contributed by atoms with Crippen LogP contribution in [0.4, 0.5) is 9.18 Å². The van der Waals surface area contributed by atoms with E-state index in [0.717, 1.165) is 11.6 Å². The van der Waals surface area contributed by atoms with Gasteiger partial charge in [0, 0.05) is 18.4 Å². The molecule has 2 unspecified atom stereocenters. The van der Waals surface area contributed by atoms with E-state index >= 15 is 0 Å². The average Bonchev–Trinajstić information content (AvgIpc) is 2.72. The van der Waals surface area contributed by atoms with E-state index in [2.05, 4.69) is 0 Å². The number of aliphatic hydroxyl groups is 1. The highest BCUT2D eigenvalue weighted by Crippen LogP contribution is 2.42. The van der Waals surface area contributed by atoms with Gasteiger partial charge in [0.05, 0.1) is 42.5 Å². The molecule has 29 heavy (non-hydrogen) atoms. The smallest absolute Gasteiger partial charge is 0.410 e. The maximum absolute atomic E-state index is 14.6. The van der Waals surface area contributed by atoms with Crippen LogP contribution in [0.3, 0.4) is 0 Å². The summed E-state index contributed by atoms with van der Waals surface area (Å²) in [4.78, 5) is 14.4. The van der Waals surface area contributed by atoms with Gasteiger partial charge < -0.3 is 14.6 Å². The van der Waals surface area contributed by atoms with Gasteiger partial charge in [0.15, 0.2) is 0 Å². The molecule has 2 fully saturated rings. The molecule has 2 aromatic rings. The Hall–Kier alpha value is -2.95. The third-order valence-corrected chi connectivity index (χ3v) is 5.57. The number of halogens is 1. The topological polar surface area (TPSA) is 82.8 Å². The Morgan fingerprint density at radius 1 is 1.24 bits per heavy atom. The Morgan fingerprint density at radius 3 is 2.55 bits per heavy atom. The summed E-state index contributed by atoms with van der Waals surface area (Å²) in [7, 11) is 0. The number of hydrogen-bond donors (Lipinski definition) is 1. The molecule has 0 spiro atoms. The summed E-state index contributed by atoms with van der Waals surface area (Å²) in [6, 6.07) is 14.5. The zero-order chi connectivity index (χ0) is 20.4. The van der Waals surface area contributed by atoms with E-state index in [1.54, 1.807) is 4.90 Å². The Bertz CT molecular complexity index is 930. The minimum atomic E-state index is -1.44. The zero-order valence-corrected chi connectivity index (χ0v) is 15.8. The predicted molar refractivity (Wildman–Crippen MR) is 101 cm³/mol. The molecule has 6 nitrogen and oxygen atoms in total. The number of carbonyl (C=O) groups is 1. The number of ether oxygens (including phenoxy) is 2. The number of hydrogen-bond acceptors (Lipinski definition) is 5. The van der Waals surface area contributed by atoms with Crippen molar-refractivity contribution in [2.24, 2.45) is 0 Å². The van der Waals surface area contributed by atoms with Crippen LogP contribution >= 0.6 is 0 Å². The number of amides is 1. The normalized spacial score (nSPS) is 25.9. The molecule has 0 aliphatic carbocycles. The Morgan fingerprint density at radius 2 is 1.93 bits per heavy atom. The fraction of sp³-hybridized carbons (Fsp3) is 0.364. The molecule has 0 aromatic heterocycles. The van der Waals surface area contributed by atoms with Crippen molar-refractivity contribution >= 4 is 6.09 Å². The minimum absolute atomic E-state index is 0.132. The standard InChI is InChI=1S/C22H21FN2O4/c23-20-8-16(11-24)6-7-19(20)22(27)9-17-13-28-14-18(10-22)25(17)21(26)29-12-15-4-2-1-3-5-15/h1-8,17-18,27H,9-10,12-14H2. The summed E-state index contributed by atoms with van der Waals surface area (Å²) in [5.41, 5.74) is -0.214. The molecule has 1 N–H and O–H groups in total. The molecule has 2 saturated heterocycles. The maximum Gasteiger partial charge on any atom is 0.410 e. The van der Waals surface area contributed by atoms with Crippen molar-refractivity contribution in [2.45, 2.75) is 37.1 Å². The van der Waals surface area contributed by atoms with Gasteiger partial charge in [-0.25, -0.2) is 9.18 Å². The van der Waals surface area contributed by atoms with Gasteiger partial charge in [-0.15, -0.1) is 0 Å². The number of piperidine rings is 1. The summed E-state index contributed by atoms with van der Waals surface area (Å²) in [6.07, 6.45) is -0.200. The van der Waals surface area contributed by atoms with Gasteiger partial charge in [0.25, 0.3) is 0 Å². The van der Waals surface area contributed by atoms with Gasteiger partial charge in [0.1, 0.15) is 12.4 Å². The fourth-order valence-corrected chi connectivity index (χ4v) is 4.25. The molecule has 150 valence electrons. The average molecular weight is 396 g/mol. The first kappa shape index (κ1) is 19.4. The van der Waals surface area contributed by atoms with E-state index in [1.807, 2.05) is 36.4 Å². The highest BCUT2D eigenvalue weighted by Gasteiger charge is 2.50. The molecule has 0 radical (unpaired) electrons. The molecular weight excluding hydrogens is 375 g/mol. The van der Waals surface area contributed by atoms with Gasteiger partial charge in [-0.1, -0.05) is 36.4 Å². The summed E-state index contributed by atoms with van der Waals surface area (Å²) in [5.74, 6) is -0.620. The van der Waals surface area contributed by atoms with Crippen molar-refractivity contribution in [3.05, 3.63) is 71.0 Å². The highest BCUT2D eigenvalue weighted by molar-refractivity contribution is 5.69. The largest absolute Gasteiger partial charge is 0.445 e. The van der Waals surface area contributed by atoms with Crippen LogP contribution in [0.1, 0.15) is 29.5 Å². The van der Waals surface area contributed by atoms with Crippen LogP contribution < -0.4 is 0 Å². The molecular formula is C22H21FN2O4. The van der Waals surface area contributed by atoms with Gasteiger partial charge in [0.2, 0.25) is 0 Å². The van der Waals surface area contributed by atoms with Crippen molar-refractivity contribution in [1.29, 1.82) is 5.26 Å². The summed E-state index contributed by atoms with van der Waals surface area (Å²) in [5, 5.41) is 20.2. The number of fused-ring (bicyclic) bond motifs is 2. The van der Waals surface area contributed by atoms with Crippen LogP contribution in [0.25, 0.3) is 0 Å². The molecule has 2 heterocycles. The lowest BCUT2D eigenvalue weighted by Crippen LogP contribution is -2.62. The second-order valence-electron chi connectivity index (χ2n) is 7.54. The first-order valence-electron chi connectivity index (χ1n) is 9.49. The first-order chi connectivity index (χ1) is 14.0. The Kier molecular flexibility index (Phi) is 5.22. The Labute approximate surface area is 168 Å². The van der Waals surface area contributed by atoms with Crippen LogP contribution in [0.5, 0.6) is 0 Å². The van der Waals surface area contributed by atoms with E-state index in [4.69, 9.17) is 14.7 Å². The van der Waals surface area contributed by atoms with Gasteiger partial charge >= 0.3 is 6.09 Å². The van der Waals surface area contributed by atoms with E-state index in [9.17, 15) is 14.3 Å². The van der Waals surface area contributed by atoms with Crippen LogP contribution in [0.2, 0.25) is 0 Å². The number of rotatable bonds is 3. The third-order valence-electron chi connectivity index (χ3n) is 5.57. The molecule has 2 bridgehead atoms. The quantitative estimate of drug-likeness (QED) is 0.862. The lowest BCUT2D eigenvalue weighted by Gasteiger charge is -2.51. The molecule has 2 atom stereocenters. The predicted octanol–water partition coefficient (Wildman–Crippen LogP) is 3.08. The molecule has 7 heteroatoms. The highest BCUT2D eigenvalue weighted by atomic mass is 19.1. The summed E-state index contributed by atoms with van der Waals surface area (Å²) < 4.78 is 25.6. The maximum atomic E-state index is 14.6. The molecule has 2 aliphatic rings. The molecule has 0 saturated carbocycles. The van der Waals surface area contributed by atoms with Crippen molar-refractivity contribution in [3.8, 4) is 6.07 Å². The van der Waals surface area contributed by atoms with Crippen molar-refractivity contribution in [3.63, 3.8) is 0 Å². The van der Waals surface area contributed by atoms with Crippen LogP contribution in [-0.2, 0) is 21.7 Å². The van der Waals surface area contributed by atoms with Crippen LogP contribution in [0.15, 0.2) is 48.5 Å². The number of nitrogens with zero attached hydrogens (tertiary/aromatic N) is 2. The van der Waals surface area contributed by atoms with Crippen molar-refractivity contribution < 1.29 is 23.8 Å². The molecule has 4 rings (SSSR count).